The summed E-state index contributed by atoms with van der Waals surface area (Å²) in [5, 5.41) is 0. The van der Waals surface area contributed by atoms with Gasteiger partial charge in [-0.2, -0.15) is 0 Å². The van der Waals surface area contributed by atoms with Crippen molar-refractivity contribution in [3.63, 3.8) is 0 Å². The minimum absolute atomic E-state index is 0.244. The molecule has 0 radical (unpaired) electrons. The van der Waals surface area contributed by atoms with Crippen molar-refractivity contribution in [1.82, 2.24) is 4.72 Å². The Kier molecular flexibility index (Phi) is 6.73. The summed E-state index contributed by atoms with van der Waals surface area (Å²) in [4.78, 5) is 11.7. The quantitative estimate of drug-likeness (QED) is 0.734. The molecule has 0 bridgehead atoms. The van der Waals surface area contributed by atoms with Gasteiger partial charge in [0.05, 0.1) is 17.9 Å². The topological polar surface area (TPSA) is 72.5 Å². The minimum atomic E-state index is -3.50. The van der Waals surface area contributed by atoms with Gasteiger partial charge in [-0.1, -0.05) is 42.5 Å². The van der Waals surface area contributed by atoms with E-state index in [2.05, 4.69) is 4.72 Å². The number of esters is 1. The van der Waals surface area contributed by atoms with Gasteiger partial charge >= 0.3 is 5.97 Å². The molecule has 0 aromatic heterocycles. The maximum atomic E-state index is 12.3. The molecular formula is C19H23NO4S. The van der Waals surface area contributed by atoms with E-state index in [0.29, 0.717) is 24.5 Å². The van der Waals surface area contributed by atoms with Gasteiger partial charge in [0.2, 0.25) is 10.0 Å². The molecule has 0 atom stereocenters. The molecule has 2 rings (SSSR count). The van der Waals surface area contributed by atoms with Crippen molar-refractivity contribution in [3.05, 3.63) is 65.2 Å². The third kappa shape index (κ3) is 5.69. The number of carbonyl (C=O) groups excluding carboxylic acids is 1. The van der Waals surface area contributed by atoms with Crippen LogP contribution in [0, 0.1) is 6.92 Å². The second-order valence-corrected chi connectivity index (χ2v) is 7.45. The van der Waals surface area contributed by atoms with Gasteiger partial charge in [-0.25, -0.2) is 13.1 Å². The summed E-state index contributed by atoms with van der Waals surface area (Å²) in [5.41, 5.74) is 2.60. The van der Waals surface area contributed by atoms with E-state index in [0.717, 1.165) is 16.7 Å². The van der Waals surface area contributed by atoms with Gasteiger partial charge in [0, 0.05) is 6.54 Å². The van der Waals surface area contributed by atoms with Crippen molar-refractivity contribution in [2.75, 3.05) is 13.2 Å². The van der Waals surface area contributed by atoms with Crippen LogP contribution in [0.1, 0.15) is 23.6 Å². The molecule has 1 N–H and O–H groups in total. The monoisotopic (exact) mass is 361 g/mol. The highest BCUT2D eigenvalue weighted by Gasteiger charge is 2.15. The summed E-state index contributed by atoms with van der Waals surface area (Å²) in [6.07, 6.45) is 0.818. The van der Waals surface area contributed by atoms with Crippen LogP contribution >= 0.6 is 0 Å². The maximum absolute atomic E-state index is 12.3. The van der Waals surface area contributed by atoms with E-state index >= 15 is 0 Å². The fourth-order valence-corrected chi connectivity index (χ4v) is 3.74. The van der Waals surface area contributed by atoms with Crippen molar-refractivity contribution >= 4 is 16.0 Å². The molecule has 0 spiro atoms. The molecule has 0 saturated heterocycles. The predicted octanol–water partition coefficient (Wildman–Crippen LogP) is 2.62. The van der Waals surface area contributed by atoms with Crippen LogP contribution < -0.4 is 4.72 Å². The molecule has 0 unspecified atom stereocenters. The molecule has 2 aromatic rings. The zero-order valence-corrected chi connectivity index (χ0v) is 15.3. The molecule has 0 heterocycles. The Labute approximate surface area is 149 Å². The lowest BCUT2D eigenvalue weighted by Crippen LogP contribution is -2.26. The summed E-state index contributed by atoms with van der Waals surface area (Å²) in [6.45, 7) is 4.24. The third-order valence-electron chi connectivity index (χ3n) is 3.77. The lowest BCUT2D eigenvalue weighted by Gasteiger charge is -2.09. The Morgan fingerprint density at radius 1 is 1.04 bits per heavy atom. The second-order valence-electron chi connectivity index (χ2n) is 5.71. The Balaban J connectivity index is 1.89. The zero-order valence-electron chi connectivity index (χ0n) is 14.5. The summed E-state index contributed by atoms with van der Waals surface area (Å²) < 4.78 is 32.2. The van der Waals surface area contributed by atoms with E-state index in [4.69, 9.17) is 4.74 Å². The fraction of sp³-hybridized carbons (Fsp3) is 0.316. The van der Waals surface area contributed by atoms with Crippen molar-refractivity contribution in [3.8, 4) is 0 Å². The Hall–Kier alpha value is -2.18. The van der Waals surface area contributed by atoms with Gasteiger partial charge in [-0.15, -0.1) is 0 Å². The van der Waals surface area contributed by atoms with Crippen molar-refractivity contribution in [1.29, 1.82) is 0 Å². The molecular weight excluding hydrogens is 338 g/mol. The average Bonchev–Trinajstić information content (AvgIpc) is 2.57. The highest BCUT2D eigenvalue weighted by atomic mass is 32.2. The predicted molar refractivity (Wildman–Crippen MR) is 96.9 cm³/mol. The van der Waals surface area contributed by atoms with Crippen LogP contribution in [0.15, 0.2) is 53.4 Å². The molecule has 0 saturated carbocycles. The standard InChI is InChI=1S/C19H23NO4S/c1-3-24-19(21)14-17-10-8-16(9-11-17)12-13-20-25(22,23)18-7-5-4-6-15(18)2/h4-11,20H,3,12-14H2,1-2H3. The van der Waals surface area contributed by atoms with Crippen LogP contribution in [0.3, 0.4) is 0 Å². The SMILES string of the molecule is CCOC(=O)Cc1ccc(CCNS(=O)(=O)c2ccccc2C)cc1. The molecule has 6 heteroatoms. The number of hydrogen-bond acceptors (Lipinski definition) is 4. The first kappa shape index (κ1) is 19.1. The van der Waals surface area contributed by atoms with Gasteiger partial charge in [-0.3, -0.25) is 4.79 Å². The van der Waals surface area contributed by atoms with Gasteiger partial charge in [-0.05, 0) is 43.0 Å². The molecule has 0 fully saturated rings. The molecule has 5 nitrogen and oxygen atoms in total. The molecule has 0 aliphatic heterocycles. The lowest BCUT2D eigenvalue weighted by molar-refractivity contribution is -0.142. The van der Waals surface area contributed by atoms with Crippen molar-refractivity contribution < 1.29 is 17.9 Å². The van der Waals surface area contributed by atoms with Crippen LogP contribution in [0.5, 0.6) is 0 Å². The lowest BCUT2D eigenvalue weighted by atomic mass is 10.1. The third-order valence-corrected chi connectivity index (χ3v) is 5.39. The van der Waals surface area contributed by atoms with E-state index in [9.17, 15) is 13.2 Å². The first-order valence-corrected chi connectivity index (χ1v) is 9.69. The number of rotatable bonds is 8. The molecule has 134 valence electrons. The first-order valence-electron chi connectivity index (χ1n) is 8.21. The maximum Gasteiger partial charge on any atom is 0.310 e. The van der Waals surface area contributed by atoms with Crippen LogP contribution in [-0.4, -0.2) is 27.5 Å². The number of nitrogens with one attached hydrogen (secondary N) is 1. The summed E-state index contributed by atoms with van der Waals surface area (Å²) in [5.74, 6) is -0.249. The molecule has 0 aliphatic rings. The van der Waals surface area contributed by atoms with Crippen LogP contribution in [-0.2, 0) is 32.4 Å². The number of benzene rings is 2. The van der Waals surface area contributed by atoms with E-state index in [1.165, 1.54) is 0 Å². The van der Waals surface area contributed by atoms with Gasteiger partial charge < -0.3 is 4.74 Å². The number of ether oxygens (including phenoxy) is 1. The largest absolute Gasteiger partial charge is 0.466 e. The number of aryl methyl sites for hydroxylation is 1. The Morgan fingerprint density at radius 2 is 1.68 bits per heavy atom. The van der Waals surface area contributed by atoms with E-state index < -0.39 is 10.0 Å². The first-order chi connectivity index (χ1) is 11.9. The number of sulfonamides is 1. The molecule has 0 amide bonds. The Morgan fingerprint density at radius 3 is 2.32 bits per heavy atom. The van der Waals surface area contributed by atoms with Crippen molar-refractivity contribution in [2.24, 2.45) is 0 Å². The highest BCUT2D eigenvalue weighted by Crippen LogP contribution is 2.14. The zero-order chi connectivity index (χ0) is 18.3. The van der Waals surface area contributed by atoms with Crippen molar-refractivity contribution in [2.45, 2.75) is 31.6 Å². The molecule has 25 heavy (non-hydrogen) atoms. The minimum Gasteiger partial charge on any atom is -0.466 e. The Bertz CT molecular complexity index is 814. The van der Waals surface area contributed by atoms with Crippen LogP contribution in [0.25, 0.3) is 0 Å². The number of hydrogen-bond donors (Lipinski definition) is 1. The number of carbonyl (C=O) groups is 1. The van der Waals surface area contributed by atoms with Gasteiger partial charge in [0.1, 0.15) is 0 Å². The second kappa shape index (κ2) is 8.78. The fourth-order valence-electron chi connectivity index (χ4n) is 2.47. The summed E-state index contributed by atoms with van der Waals surface area (Å²) in [6, 6.07) is 14.4. The average molecular weight is 361 g/mol. The highest BCUT2D eigenvalue weighted by molar-refractivity contribution is 7.89. The summed E-state index contributed by atoms with van der Waals surface area (Å²) in [7, 11) is -3.50. The molecule has 2 aromatic carbocycles. The van der Waals surface area contributed by atoms with Crippen LogP contribution in [0.4, 0.5) is 0 Å². The van der Waals surface area contributed by atoms with E-state index in [1.54, 1.807) is 32.0 Å². The van der Waals surface area contributed by atoms with Gasteiger partial charge in [0.25, 0.3) is 0 Å². The normalized spacial score (nSPS) is 11.3. The molecule has 0 aliphatic carbocycles. The van der Waals surface area contributed by atoms with Gasteiger partial charge in [0.15, 0.2) is 0 Å². The van der Waals surface area contributed by atoms with E-state index in [1.807, 2.05) is 30.3 Å². The smallest absolute Gasteiger partial charge is 0.310 e. The van der Waals surface area contributed by atoms with Crippen LogP contribution in [0.2, 0.25) is 0 Å². The van der Waals surface area contributed by atoms with E-state index in [-0.39, 0.29) is 12.4 Å². The summed E-state index contributed by atoms with van der Waals surface area (Å²) >= 11 is 0.